The number of ketones is 1. The molecule has 4 heteroatoms. The highest BCUT2D eigenvalue weighted by Gasteiger charge is 2.29. The van der Waals surface area contributed by atoms with Crippen molar-refractivity contribution in [3.05, 3.63) is 65.7 Å². The third kappa shape index (κ3) is 1.64. The molecule has 0 fully saturated rings. The highest BCUT2D eigenvalue weighted by atomic mass is 16.3. The molecule has 0 atom stereocenters. The van der Waals surface area contributed by atoms with E-state index < -0.39 is 0 Å². The number of hydrogen-bond acceptors (Lipinski definition) is 3. The second-order valence-electron chi connectivity index (χ2n) is 5.16. The number of carbonyl (C=O) groups excluding carboxylic acids is 1. The van der Waals surface area contributed by atoms with Gasteiger partial charge in [0.2, 0.25) is 5.78 Å². The normalized spacial score (nSPS) is 13.3. The minimum absolute atomic E-state index is 0.0453. The smallest absolute Gasteiger partial charge is 0.214 e. The monoisotopic (exact) mass is 288 g/mol. The third-order valence-electron chi connectivity index (χ3n) is 3.87. The summed E-state index contributed by atoms with van der Waals surface area (Å²) in [5.41, 5.74) is 3.61. The molecule has 0 bridgehead atoms. The molecule has 4 rings (SSSR count). The summed E-state index contributed by atoms with van der Waals surface area (Å²) in [5.74, 6) is -0.212. The van der Waals surface area contributed by atoms with Crippen LogP contribution in [0.2, 0.25) is 0 Å². The number of carbonyl (C=O) groups is 1. The third-order valence-corrected chi connectivity index (χ3v) is 3.87. The molecule has 0 saturated carbocycles. The molecule has 2 N–H and O–H groups in total. The molecule has 0 radical (unpaired) electrons. The van der Waals surface area contributed by atoms with Crippen molar-refractivity contribution in [1.82, 2.24) is 4.98 Å². The average molecular weight is 288 g/mol. The van der Waals surface area contributed by atoms with E-state index in [-0.39, 0.29) is 17.4 Å². The average Bonchev–Trinajstić information content (AvgIpc) is 3.03. The van der Waals surface area contributed by atoms with E-state index >= 15 is 0 Å². The number of H-pyrrole nitrogens is 1. The number of aromatic nitrogens is 1. The molecule has 0 aliphatic carbocycles. The summed E-state index contributed by atoms with van der Waals surface area (Å²) in [7, 11) is 0. The van der Waals surface area contributed by atoms with Gasteiger partial charge in [-0.1, -0.05) is 36.9 Å². The Kier molecular flexibility index (Phi) is 2.53. The number of fused-ring (bicyclic) bond motifs is 2. The van der Waals surface area contributed by atoms with Gasteiger partial charge in [-0.2, -0.15) is 0 Å². The van der Waals surface area contributed by atoms with Crippen LogP contribution in [0.5, 0.6) is 5.88 Å². The maximum Gasteiger partial charge on any atom is 0.214 e. The van der Waals surface area contributed by atoms with E-state index in [1.807, 2.05) is 24.3 Å². The molecule has 1 aliphatic rings. The van der Waals surface area contributed by atoms with Gasteiger partial charge < -0.3 is 10.1 Å². The van der Waals surface area contributed by atoms with E-state index in [2.05, 4.69) is 16.6 Å². The number of aromatic hydroxyl groups is 1. The highest BCUT2D eigenvalue weighted by Crippen LogP contribution is 2.35. The molecular weight excluding hydrogens is 276 g/mol. The summed E-state index contributed by atoms with van der Waals surface area (Å²) in [6.07, 6.45) is 1.73. The zero-order valence-corrected chi connectivity index (χ0v) is 11.6. The van der Waals surface area contributed by atoms with Gasteiger partial charge in [0.15, 0.2) is 5.88 Å². The van der Waals surface area contributed by atoms with Crippen LogP contribution in [0, 0.1) is 0 Å². The van der Waals surface area contributed by atoms with Gasteiger partial charge in [0, 0.05) is 16.5 Å². The summed E-state index contributed by atoms with van der Waals surface area (Å²) < 4.78 is 0. The number of para-hydroxylation sites is 1. The van der Waals surface area contributed by atoms with Gasteiger partial charge in [0.05, 0.1) is 11.3 Å². The lowest BCUT2D eigenvalue weighted by Crippen LogP contribution is -2.10. The van der Waals surface area contributed by atoms with Crippen LogP contribution in [0.25, 0.3) is 17.0 Å². The molecule has 1 aromatic heterocycles. The Morgan fingerprint density at radius 1 is 1.18 bits per heavy atom. The Morgan fingerprint density at radius 3 is 2.77 bits per heavy atom. The summed E-state index contributed by atoms with van der Waals surface area (Å²) in [4.78, 5) is 19.8. The Hall–Kier alpha value is -3.14. The maximum absolute atomic E-state index is 12.5. The first-order valence-electron chi connectivity index (χ1n) is 6.89. The summed E-state index contributed by atoms with van der Waals surface area (Å²) in [5, 5.41) is 11.0. The first-order valence-corrected chi connectivity index (χ1v) is 6.89. The number of aliphatic imine (C=N–C) groups is 1. The van der Waals surface area contributed by atoms with Crippen molar-refractivity contribution in [1.29, 1.82) is 0 Å². The Balaban J connectivity index is 1.95. The minimum Gasteiger partial charge on any atom is -0.494 e. The van der Waals surface area contributed by atoms with Crippen molar-refractivity contribution in [3.8, 4) is 5.88 Å². The first kappa shape index (κ1) is 12.6. The van der Waals surface area contributed by atoms with Crippen LogP contribution >= 0.6 is 0 Å². The lowest BCUT2D eigenvalue weighted by atomic mass is 10.0. The van der Waals surface area contributed by atoms with Crippen LogP contribution in [-0.4, -0.2) is 21.6 Å². The predicted molar refractivity (Wildman–Crippen MR) is 87.0 cm³/mol. The molecule has 2 aromatic carbocycles. The van der Waals surface area contributed by atoms with Crippen LogP contribution in [0.3, 0.4) is 0 Å². The van der Waals surface area contributed by atoms with Gasteiger partial charge in [-0.25, -0.2) is 4.99 Å². The summed E-state index contributed by atoms with van der Waals surface area (Å²) in [6.45, 7) is 3.73. The zero-order chi connectivity index (χ0) is 15.3. The SMILES string of the molecule is C=Cc1ccc2c(C3=Nc4ccccc4C3=O)c(O)[nH]c2c1. The Labute approximate surface area is 126 Å². The van der Waals surface area contributed by atoms with E-state index in [9.17, 15) is 9.90 Å². The van der Waals surface area contributed by atoms with E-state index in [1.165, 1.54) is 0 Å². The number of nitrogens with one attached hydrogen (secondary N) is 1. The number of rotatable bonds is 2. The second-order valence-corrected chi connectivity index (χ2v) is 5.16. The fraction of sp³-hybridized carbons (Fsp3) is 0. The van der Waals surface area contributed by atoms with Crippen molar-refractivity contribution in [2.75, 3.05) is 0 Å². The molecule has 1 aliphatic heterocycles. The molecular formula is C18H12N2O2. The van der Waals surface area contributed by atoms with Crippen molar-refractivity contribution in [3.63, 3.8) is 0 Å². The van der Waals surface area contributed by atoms with Gasteiger partial charge in [-0.3, -0.25) is 4.79 Å². The topological polar surface area (TPSA) is 65.4 Å². The minimum atomic E-state index is -0.167. The van der Waals surface area contributed by atoms with Gasteiger partial charge in [-0.15, -0.1) is 0 Å². The standard InChI is InChI=1S/C18H12N2O2/c1-2-10-7-8-11-14(9-10)20-18(22)15(11)16-17(21)12-5-3-4-6-13(12)19-16/h2-9,20,22H,1H2. The predicted octanol–water partition coefficient (Wildman–Crippen LogP) is 3.83. The van der Waals surface area contributed by atoms with Crippen LogP contribution in [0.15, 0.2) is 54.0 Å². The van der Waals surface area contributed by atoms with E-state index in [0.29, 0.717) is 16.8 Å². The first-order chi connectivity index (χ1) is 10.7. The number of aromatic amines is 1. The molecule has 106 valence electrons. The lowest BCUT2D eigenvalue weighted by molar-refractivity contribution is 0.107. The van der Waals surface area contributed by atoms with E-state index in [4.69, 9.17) is 0 Å². The van der Waals surface area contributed by atoms with Crippen LogP contribution in [0.1, 0.15) is 21.5 Å². The van der Waals surface area contributed by atoms with Gasteiger partial charge >= 0.3 is 0 Å². The molecule has 0 amide bonds. The van der Waals surface area contributed by atoms with Crippen molar-refractivity contribution < 1.29 is 9.90 Å². The second kappa shape index (κ2) is 4.43. The molecule has 0 unspecified atom stereocenters. The number of benzene rings is 2. The Bertz CT molecular complexity index is 980. The molecule has 3 aromatic rings. The maximum atomic E-state index is 12.5. The van der Waals surface area contributed by atoms with Gasteiger partial charge in [0.1, 0.15) is 5.71 Å². The molecule has 22 heavy (non-hydrogen) atoms. The van der Waals surface area contributed by atoms with Crippen LogP contribution < -0.4 is 0 Å². The lowest BCUT2D eigenvalue weighted by Gasteiger charge is -1.99. The van der Waals surface area contributed by atoms with Gasteiger partial charge in [0.25, 0.3) is 0 Å². The van der Waals surface area contributed by atoms with Gasteiger partial charge in [-0.05, 0) is 23.8 Å². The fourth-order valence-corrected chi connectivity index (χ4v) is 2.80. The summed E-state index contributed by atoms with van der Waals surface area (Å²) >= 11 is 0. The zero-order valence-electron chi connectivity index (χ0n) is 11.6. The van der Waals surface area contributed by atoms with Crippen molar-refractivity contribution in [2.24, 2.45) is 4.99 Å². The quantitative estimate of drug-likeness (QED) is 0.752. The fourth-order valence-electron chi connectivity index (χ4n) is 2.80. The van der Waals surface area contributed by atoms with Crippen LogP contribution in [-0.2, 0) is 0 Å². The van der Waals surface area contributed by atoms with Crippen molar-refractivity contribution in [2.45, 2.75) is 0 Å². The molecule has 4 nitrogen and oxygen atoms in total. The molecule has 2 heterocycles. The molecule has 0 spiro atoms. The Morgan fingerprint density at radius 2 is 2.00 bits per heavy atom. The van der Waals surface area contributed by atoms with Crippen molar-refractivity contribution >= 4 is 34.2 Å². The van der Waals surface area contributed by atoms with E-state index in [1.54, 1.807) is 24.3 Å². The number of nitrogens with zero attached hydrogens (tertiary/aromatic N) is 1. The summed E-state index contributed by atoms with van der Waals surface area (Å²) in [6, 6.07) is 12.8. The highest BCUT2D eigenvalue weighted by molar-refractivity contribution is 6.56. The van der Waals surface area contributed by atoms with E-state index in [0.717, 1.165) is 16.5 Å². The largest absolute Gasteiger partial charge is 0.494 e. The molecule has 0 saturated heterocycles. The number of Topliss-reactive ketones (excluding diaryl/α,β-unsaturated/α-hetero) is 1. The number of hydrogen-bond donors (Lipinski definition) is 2. The van der Waals surface area contributed by atoms with Crippen LogP contribution in [0.4, 0.5) is 5.69 Å².